The van der Waals surface area contributed by atoms with Crippen molar-refractivity contribution >= 4 is 33.5 Å². The number of amidine groups is 2. The molecule has 2 aromatic carbocycles. The smallest absolute Gasteiger partial charge is 0.219 e. The zero-order valence-electron chi connectivity index (χ0n) is 9.39. The Labute approximate surface area is 105 Å². The molecule has 0 fully saturated rings. The maximum absolute atomic E-state index is 5.85. The number of hydrogen-bond donors (Lipinski definition) is 1. The Morgan fingerprint density at radius 3 is 2.53 bits per heavy atom. The van der Waals surface area contributed by atoms with Crippen molar-refractivity contribution in [3.05, 3.63) is 48.0 Å². The minimum atomic E-state index is 0.149. The topological polar surface area (TPSA) is 50.7 Å². The minimum Gasteiger partial charge on any atom is -0.383 e. The van der Waals surface area contributed by atoms with Crippen LogP contribution >= 0.6 is 11.6 Å². The maximum atomic E-state index is 5.85. The molecule has 0 heterocycles. The summed E-state index contributed by atoms with van der Waals surface area (Å²) in [5.41, 5.74) is 6.69. The summed E-state index contributed by atoms with van der Waals surface area (Å²) in [4.78, 5) is 7.71. The summed E-state index contributed by atoms with van der Waals surface area (Å²) in [5.74, 6) is 0.367. The van der Waals surface area contributed by atoms with Gasteiger partial charge < -0.3 is 5.73 Å². The summed E-state index contributed by atoms with van der Waals surface area (Å²) in [6, 6.07) is 14.0. The van der Waals surface area contributed by atoms with Crippen molar-refractivity contribution in [2.45, 2.75) is 0 Å². The number of fused-ring (bicyclic) bond motifs is 1. The lowest BCUT2D eigenvalue weighted by atomic mass is 10.1. The van der Waals surface area contributed by atoms with Gasteiger partial charge >= 0.3 is 0 Å². The second kappa shape index (κ2) is 4.97. The molecule has 0 amide bonds. The Hall–Kier alpha value is -1.87. The number of aliphatic imine (C=N–C) groups is 2. The molecular weight excluding hydrogens is 234 g/mol. The lowest BCUT2D eigenvalue weighted by molar-refractivity contribution is 1.42. The SMILES string of the molecule is CN=C(Cl)N=C(N)c1ccc2ccccc2c1. The number of halogens is 1. The Morgan fingerprint density at radius 1 is 1.12 bits per heavy atom. The molecular formula is C13H12ClN3. The first-order chi connectivity index (χ1) is 8.20. The van der Waals surface area contributed by atoms with Gasteiger partial charge in [0.2, 0.25) is 5.29 Å². The molecule has 0 atom stereocenters. The van der Waals surface area contributed by atoms with Gasteiger partial charge in [0.1, 0.15) is 5.84 Å². The lowest BCUT2D eigenvalue weighted by Gasteiger charge is -2.02. The molecule has 0 bridgehead atoms. The van der Waals surface area contributed by atoms with Crippen molar-refractivity contribution in [2.24, 2.45) is 15.7 Å². The van der Waals surface area contributed by atoms with Gasteiger partial charge in [0, 0.05) is 12.6 Å². The van der Waals surface area contributed by atoms with Gasteiger partial charge in [-0.2, -0.15) is 0 Å². The Bertz CT molecular complexity index is 602. The zero-order chi connectivity index (χ0) is 12.3. The van der Waals surface area contributed by atoms with Crippen molar-refractivity contribution in [1.29, 1.82) is 0 Å². The van der Waals surface area contributed by atoms with Crippen LogP contribution in [0.5, 0.6) is 0 Å². The van der Waals surface area contributed by atoms with E-state index in [4.69, 9.17) is 17.3 Å². The van der Waals surface area contributed by atoms with E-state index in [2.05, 4.69) is 9.98 Å². The fourth-order valence-electron chi connectivity index (χ4n) is 1.56. The molecule has 0 radical (unpaired) electrons. The normalized spacial score (nSPS) is 13.1. The van der Waals surface area contributed by atoms with Crippen molar-refractivity contribution in [3.8, 4) is 0 Å². The van der Waals surface area contributed by atoms with Gasteiger partial charge in [0.25, 0.3) is 0 Å². The second-order valence-electron chi connectivity index (χ2n) is 3.55. The summed E-state index contributed by atoms with van der Waals surface area (Å²) < 4.78 is 0. The summed E-state index contributed by atoms with van der Waals surface area (Å²) >= 11 is 5.71. The van der Waals surface area contributed by atoms with Gasteiger partial charge in [0.05, 0.1) is 0 Å². The highest BCUT2D eigenvalue weighted by molar-refractivity contribution is 6.65. The van der Waals surface area contributed by atoms with Crippen LogP contribution in [0.1, 0.15) is 5.56 Å². The van der Waals surface area contributed by atoms with Crippen LogP contribution in [0.2, 0.25) is 0 Å². The van der Waals surface area contributed by atoms with Crippen LogP contribution in [0.4, 0.5) is 0 Å². The van der Waals surface area contributed by atoms with E-state index in [-0.39, 0.29) is 5.29 Å². The molecule has 86 valence electrons. The third-order valence-electron chi connectivity index (χ3n) is 2.44. The quantitative estimate of drug-likeness (QED) is 0.469. The fourth-order valence-corrected chi connectivity index (χ4v) is 1.65. The molecule has 4 heteroatoms. The summed E-state index contributed by atoms with van der Waals surface area (Å²) in [5, 5.41) is 2.43. The minimum absolute atomic E-state index is 0.149. The number of hydrogen-bond acceptors (Lipinski definition) is 1. The van der Waals surface area contributed by atoms with Crippen LogP contribution in [-0.2, 0) is 0 Å². The van der Waals surface area contributed by atoms with Gasteiger partial charge in [-0.05, 0) is 28.4 Å². The van der Waals surface area contributed by atoms with E-state index in [1.165, 1.54) is 5.39 Å². The van der Waals surface area contributed by atoms with Gasteiger partial charge in [-0.15, -0.1) is 0 Å². The van der Waals surface area contributed by atoms with Gasteiger partial charge in [-0.1, -0.05) is 36.4 Å². The van der Waals surface area contributed by atoms with Crippen molar-refractivity contribution in [1.82, 2.24) is 0 Å². The largest absolute Gasteiger partial charge is 0.383 e. The van der Waals surface area contributed by atoms with Gasteiger partial charge in [0.15, 0.2) is 0 Å². The molecule has 2 N–H and O–H groups in total. The lowest BCUT2D eigenvalue weighted by Crippen LogP contribution is -2.14. The molecule has 0 aliphatic rings. The Kier molecular flexibility index (Phi) is 3.40. The molecule has 0 saturated heterocycles. The van der Waals surface area contributed by atoms with E-state index in [0.717, 1.165) is 10.9 Å². The first kappa shape index (κ1) is 11.6. The van der Waals surface area contributed by atoms with Gasteiger partial charge in [-0.25, -0.2) is 4.99 Å². The second-order valence-corrected chi connectivity index (χ2v) is 3.89. The highest BCUT2D eigenvalue weighted by Gasteiger charge is 2.01. The predicted octanol–water partition coefficient (Wildman–Crippen LogP) is 2.77. The van der Waals surface area contributed by atoms with Crippen LogP contribution in [0.15, 0.2) is 52.4 Å². The average molecular weight is 246 g/mol. The molecule has 2 aromatic rings. The molecule has 0 saturated carbocycles. The first-order valence-corrected chi connectivity index (χ1v) is 5.54. The van der Waals surface area contributed by atoms with Crippen molar-refractivity contribution < 1.29 is 0 Å². The predicted molar refractivity (Wildman–Crippen MR) is 73.9 cm³/mol. The Balaban J connectivity index is 2.46. The van der Waals surface area contributed by atoms with Crippen LogP contribution in [-0.4, -0.2) is 18.2 Å². The number of nitrogens with two attached hydrogens (primary N) is 1. The zero-order valence-corrected chi connectivity index (χ0v) is 10.1. The van der Waals surface area contributed by atoms with Crippen molar-refractivity contribution in [2.75, 3.05) is 7.05 Å². The van der Waals surface area contributed by atoms with E-state index in [9.17, 15) is 0 Å². The molecule has 0 spiro atoms. The van der Waals surface area contributed by atoms with Gasteiger partial charge in [-0.3, -0.25) is 4.99 Å². The maximum Gasteiger partial charge on any atom is 0.219 e. The van der Waals surface area contributed by atoms with Crippen LogP contribution in [0.3, 0.4) is 0 Å². The van der Waals surface area contributed by atoms with Crippen molar-refractivity contribution in [3.63, 3.8) is 0 Å². The van der Waals surface area contributed by atoms with E-state index >= 15 is 0 Å². The highest BCUT2D eigenvalue weighted by atomic mass is 35.5. The Morgan fingerprint density at radius 2 is 1.82 bits per heavy atom. The first-order valence-electron chi connectivity index (χ1n) is 5.16. The van der Waals surface area contributed by atoms with E-state index in [1.807, 2.05) is 42.5 Å². The molecule has 0 aromatic heterocycles. The third-order valence-corrected chi connectivity index (χ3v) is 2.70. The molecule has 0 aliphatic carbocycles. The average Bonchev–Trinajstić information content (AvgIpc) is 2.38. The van der Waals surface area contributed by atoms with E-state index in [0.29, 0.717) is 5.84 Å². The summed E-state index contributed by atoms with van der Waals surface area (Å²) in [6.45, 7) is 0. The summed E-state index contributed by atoms with van der Waals surface area (Å²) in [6.07, 6.45) is 0. The molecule has 0 unspecified atom stereocenters. The number of nitrogens with zero attached hydrogens (tertiary/aromatic N) is 2. The standard InChI is InChI=1S/C13H12ClN3/c1-16-13(14)17-12(15)11-7-6-9-4-2-3-5-10(9)8-11/h2-8H,1H3,(H2,15,16,17). The number of rotatable bonds is 1. The number of benzene rings is 2. The van der Waals surface area contributed by atoms with Crippen LogP contribution in [0, 0.1) is 0 Å². The molecule has 2 rings (SSSR count). The summed E-state index contributed by atoms with van der Waals surface area (Å²) in [7, 11) is 1.57. The highest BCUT2D eigenvalue weighted by Crippen LogP contribution is 2.15. The molecule has 0 aliphatic heterocycles. The van der Waals surface area contributed by atoms with Crippen LogP contribution in [0.25, 0.3) is 10.8 Å². The molecule has 3 nitrogen and oxygen atoms in total. The third kappa shape index (κ3) is 2.63. The van der Waals surface area contributed by atoms with Crippen LogP contribution < -0.4 is 5.73 Å². The fraction of sp³-hybridized carbons (Fsp3) is 0.0769. The molecule has 17 heavy (non-hydrogen) atoms. The monoisotopic (exact) mass is 245 g/mol. The van der Waals surface area contributed by atoms with E-state index < -0.39 is 0 Å². The van der Waals surface area contributed by atoms with E-state index in [1.54, 1.807) is 7.05 Å².